The lowest BCUT2D eigenvalue weighted by Crippen LogP contribution is -2.46. The van der Waals surface area contributed by atoms with Gasteiger partial charge in [-0.1, -0.05) is 18.2 Å². The van der Waals surface area contributed by atoms with E-state index in [-0.39, 0.29) is 23.3 Å². The highest BCUT2D eigenvalue weighted by atomic mass is 32.2. The lowest BCUT2D eigenvalue weighted by molar-refractivity contribution is -0.139. The van der Waals surface area contributed by atoms with Crippen LogP contribution >= 0.6 is 11.3 Å². The molecule has 0 aliphatic carbocycles. The first-order valence-corrected chi connectivity index (χ1v) is 11.5. The number of carbonyl (C=O) groups excluding carboxylic acids is 2. The maximum Gasteiger partial charge on any atom is 0.309 e. The van der Waals surface area contributed by atoms with Crippen LogP contribution in [0.2, 0.25) is 0 Å². The normalized spacial score (nSPS) is 17.1. The first kappa shape index (κ1) is 21.3. The van der Waals surface area contributed by atoms with E-state index in [0.29, 0.717) is 18.7 Å². The summed E-state index contributed by atoms with van der Waals surface area (Å²) in [5, 5.41) is 6.82. The number of thiophene rings is 1. The number of nitrogens with zero attached hydrogens (tertiary/aromatic N) is 1. The Labute approximate surface area is 173 Å². The highest BCUT2D eigenvalue weighted by molar-refractivity contribution is 7.91. The van der Waals surface area contributed by atoms with Gasteiger partial charge in [0.15, 0.2) is 0 Å². The minimum atomic E-state index is -3.57. The standard InChI is InChI=1S/C19H23N3O5S2/c1-27-16-8-6-14(7-9-16)12-20-18(23)19(24)21-13-15-4-2-10-22(15)29(25,26)17-5-3-11-28-17/h3,5-9,11,15H,2,4,10,12-13H2,1H3,(H,20,23)(H,21,24)/t15-/m1/s1. The van der Waals surface area contributed by atoms with Crippen molar-refractivity contribution in [2.45, 2.75) is 29.6 Å². The van der Waals surface area contributed by atoms with E-state index in [1.807, 2.05) is 0 Å². The fraction of sp³-hybridized carbons (Fsp3) is 0.368. The van der Waals surface area contributed by atoms with Crippen molar-refractivity contribution in [3.05, 3.63) is 47.3 Å². The van der Waals surface area contributed by atoms with E-state index in [4.69, 9.17) is 4.74 Å². The topological polar surface area (TPSA) is 105 Å². The molecule has 3 rings (SSSR count). The summed E-state index contributed by atoms with van der Waals surface area (Å²) >= 11 is 1.17. The summed E-state index contributed by atoms with van der Waals surface area (Å²) in [5.41, 5.74) is 0.830. The van der Waals surface area contributed by atoms with Crippen LogP contribution in [0.3, 0.4) is 0 Å². The maximum absolute atomic E-state index is 12.7. The molecule has 10 heteroatoms. The second-order valence-corrected chi connectivity index (χ2v) is 9.65. The van der Waals surface area contributed by atoms with Gasteiger partial charge in [-0.2, -0.15) is 4.31 Å². The number of rotatable bonds is 7. The van der Waals surface area contributed by atoms with Gasteiger partial charge < -0.3 is 15.4 Å². The van der Waals surface area contributed by atoms with Gasteiger partial charge in [-0.05, 0) is 42.0 Å². The SMILES string of the molecule is COc1ccc(CNC(=O)C(=O)NC[C@H]2CCCN2S(=O)(=O)c2cccs2)cc1. The average Bonchev–Trinajstić information content (AvgIpc) is 3.43. The van der Waals surface area contributed by atoms with Crippen molar-refractivity contribution >= 4 is 33.2 Å². The van der Waals surface area contributed by atoms with Gasteiger partial charge in [0.1, 0.15) is 9.96 Å². The summed E-state index contributed by atoms with van der Waals surface area (Å²) in [5.74, 6) is -0.832. The number of amides is 2. The fourth-order valence-corrected chi connectivity index (χ4v) is 5.96. The summed E-state index contributed by atoms with van der Waals surface area (Å²) in [6, 6.07) is 10.0. The molecule has 2 N–H and O–H groups in total. The molecular formula is C19H23N3O5S2. The smallest absolute Gasteiger partial charge is 0.309 e. The van der Waals surface area contributed by atoms with E-state index < -0.39 is 21.8 Å². The molecule has 0 saturated carbocycles. The molecule has 29 heavy (non-hydrogen) atoms. The van der Waals surface area contributed by atoms with Crippen LogP contribution in [0.4, 0.5) is 0 Å². The van der Waals surface area contributed by atoms with Gasteiger partial charge in [-0.25, -0.2) is 8.42 Å². The first-order chi connectivity index (χ1) is 13.9. The monoisotopic (exact) mass is 437 g/mol. The predicted molar refractivity (Wildman–Crippen MR) is 109 cm³/mol. The van der Waals surface area contributed by atoms with E-state index in [9.17, 15) is 18.0 Å². The molecule has 1 fully saturated rings. The van der Waals surface area contributed by atoms with Crippen LogP contribution in [0.5, 0.6) is 5.75 Å². The number of ether oxygens (including phenoxy) is 1. The van der Waals surface area contributed by atoms with Crippen LogP contribution in [0, 0.1) is 0 Å². The van der Waals surface area contributed by atoms with Crippen molar-refractivity contribution in [2.24, 2.45) is 0 Å². The summed E-state index contributed by atoms with van der Waals surface area (Å²) in [4.78, 5) is 24.1. The summed E-state index contributed by atoms with van der Waals surface area (Å²) in [6.45, 7) is 0.711. The predicted octanol–water partition coefficient (Wildman–Crippen LogP) is 1.34. The number of methoxy groups -OCH3 is 1. The number of nitrogens with one attached hydrogen (secondary N) is 2. The van der Waals surface area contributed by atoms with Crippen molar-refractivity contribution in [1.82, 2.24) is 14.9 Å². The van der Waals surface area contributed by atoms with E-state index in [0.717, 1.165) is 12.0 Å². The van der Waals surface area contributed by atoms with Crippen LogP contribution in [-0.2, 0) is 26.2 Å². The van der Waals surface area contributed by atoms with Crippen molar-refractivity contribution in [2.75, 3.05) is 20.2 Å². The van der Waals surface area contributed by atoms with Crippen molar-refractivity contribution in [1.29, 1.82) is 0 Å². The van der Waals surface area contributed by atoms with Gasteiger partial charge in [0.25, 0.3) is 10.0 Å². The fourth-order valence-electron chi connectivity index (χ4n) is 3.15. The van der Waals surface area contributed by atoms with Crippen LogP contribution in [0.1, 0.15) is 18.4 Å². The van der Waals surface area contributed by atoms with Crippen LogP contribution < -0.4 is 15.4 Å². The van der Waals surface area contributed by atoms with Crippen LogP contribution in [0.25, 0.3) is 0 Å². The third-order valence-electron chi connectivity index (χ3n) is 4.70. The molecule has 1 aliphatic rings. The zero-order valence-electron chi connectivity index (χ0n) is 16.0. The molecule has 156 valence electrons. The second-order valence-electron chi connectivity index (χ2n) is 6.58. The zero-order chi connectivity index (χ0) is 20.9. The Bertz CT molecular complexity index is 943. The average molecular weight is 438 g/mol. The number of hydrogen-bond acceptors (Lipinski definition) is 6. The number of hydrogen-bond donors (Lipinski definition) is 2. The molecule has 2 aromatic rings. The Balaban J connectivity index is 1.50. The Morgan fingerprint density at radius 2 is 1.90 bits per heavy atom. The third-order valence-corrected chi connectivity index (χ3v) is 8.02. The number of carbonyl (C=O) groups is 2. The maximum atomic E-state index is 12.7. The molecule has 0 spiro atoms. The summed E-state index contributed by atoms with van der Waals surface area (Å²) in [7, 11) is -2.01. The first-order valence-electron chi connectivity index (χ1n) is 9.16. The molecule has 0 bridgehead atoms. The Morgan fingerprint density at radius 3 is 2.55 bits per heavy atom. The van der Waals surface area contributed by atoms with Gasteiger partial charge in [0, 0.05) is 25.7 Å². The van der Waals surface area contributed by atoms with E-state index in [1.54, 1.807) is 48.9 Å². The minimum absolute atomic E-state index is 0.0966. The highest BCUT2D eigenvalue weighted by Crippen LogP contribution is 2.28. The number of benzene rings is 1. The van der Waals surface area contributed by atoms with Gasteiger partial charge in [0.2, 0.25) is 0 Å². The number of sulfonamides is 1. The lowest BCUT2D eigenvalue weighted by Gasteiger charge is -2.23. The Hall–Kier alpha value is -2.43. The summed E-state index contributed by atoms with van der Waals surface area (Å²) in [6.07, 6.45) is 1.35. The molecule has 1 aromatic heterocycles. The molecule has 1 aliphatic heterocycles. The molecule has 2 heterocycles. The Morgan fingerprint density at radius 1 is 1.17 bits per heavy atom. The third kappa shape index (κ3) is 5.14. The summed E-state index contributed by atoms with van der Waals surface area (Å²) < 4.78 is 32.2. The van der Waals surface area contributed by atoms with Gasteiger partial charge >= 0.3 is 11.8 Å². The van der Waals surface area contributed by atoms with Crippen molar-refractivity contribution in [3.63, 3.8) is 0 Å². The molecule has 1 atom stereocenters. The Kier molecular flexibility index (Phi) is 6.88. The zero-order valence-corrected chi connectivity index (χ0v) is 17.6. The quantitative estimate of drug-likeness (QED) is 0.636. The largest absolute Gasteiger partial charge is 0.497 e. The lowest BCUT2D eigenvalue weighted by atomic mass is 10.2. The van der Waals surface area contributed by atoms with Gasteiger partial charge in [0.05, 0.1) is 7.11 Å². The van der Waals surface area contributed by atoms with Crippen molar-refractivity contribution in [3.8, 4) is 5.75 Å². The second kappa shape index (κ2) is 9.38. The molecule has 0 radical (unpaired) electrons. The molecule has 2 amide bonds. The molecule has 1 aromatic carbocycles. The van der Waals surface area contributed by atoms with Crippen LogP contribution in [-0.4, -0.2) is 50.8 Å². The van der Waals surface area contributed by atoms with Gasteiger partial charge in [-0.3, -0.25) is 9.59 Å². The van der Waals surface area contributed by atoms with E-state index in [2.05, 4.69) is 10.6 Å². The van der Waals surface area contributed by atoms with Gasteiger partial charge in [-0.15, -0.1) is 11.3 Å². The molecule has 8 nitrogen and oxygen atoms in total. The molecule has 1 saturated heterocycles. The highest BCUT2D eigenvalue weighted by Gasteiger charge is 2.36. The molecule has 0 unspecified atom stereocenters. The van der Waals surface area contributed by atoms with E-state index in [1.165, 1.54) is 15.6 Å². The van der Waals surface area contributed by atoms with Crippen LogP contribution in [0.15, 0.2) is 46.0 Å². The molecular weight excluding hydrogens is 414 g/mol. The van der Waals surface area contributed by atoms with E-state index >= 15 is 0 Å². The van der Waals surface area contributed by atoms with Crippen molar-refractivity contribution < 1.29 is 22.7 Å². The minimum Gasteiger partial charge on any atom is -0.497 e.